The summed E-state index contributed by atoms with van der Waals surface area (Å²) in [5, 5.41) is 6.83. The second-order valence-corrected chi connectivity index (χ2v) is 5.00. The third-order valence-corrected chi connectivity index (χ3v) is 3.43. The first-order chi connectivity index (χ1) is 8.83. The minimum absolute atomic E-state index is 0.0226. The maximum absolute atomic E-state index is 11.7. The number of likely N-dealkylation sites (tertiary alicyclic amines) is 1. The monoisotopic (exact) mass is 250 g/mol. The van der Waals surface area contributed by atoms with Crippen molar-refractivity contribution in [2.45, 2.75) is 38.0 Å². The zero-order chi connectivity index (χ0) is 12.4. The van der Waals surface area contributed by atoms with Crippen LogP contribution < -0.4 is 5.32 Å². The van der Waals surface area contributed by atoms with Crippen molar-refractivity contribution in [1.29, 1.82) is 0 Å². The van der Waals surface area contributed by atoms with E-state index in [1.807, 2.05) is 4.90 Å². The number of aromatic nitrogens is 2. The minimum Gasteiger partial charge on any atom is -0.339 e. The van der Waals surface area contributed by atoms with E-state index in [0.29, 0.717) is 24.8 Å². The van der Waals surface area contributed by atoms with Crippen LogP contribution in [0.5, 0.6) is 0 Å². The first-order valence-electron chi connectivity index (χ1n) is 6.68. The van der Waals surface area contributed by atoms with Crippen LogP contribution >= 0.6 is 0 Å². The highest BCUT2D eigenvalue weighted by Crippen LogP contribution is 2.38. The van der Waals surface area contributed by atoms with E-state index in [1.54, 1.807) is 0 Å². The van der Waals surface area contributed by atoms with Gasteiger partial charge in [0, 0.05) is 32.0 Å². The molecule has 0 bridgehead atoms. The van der Waals surface area contributed by atoms with E-state index < -0.39 is 0 Å². The van der Waals surface area contributed by atoms with E-state index >= 15 is 0 Å². The van der Waals surface area contributed by atoms with Gasteiger partial charge in [0.1, 0.15) is 0 Å². The summed E-state index contributed by atoms with van der Waals surface area (Å²) in [6.45, 7) is 2.30. The lowest BCUT2D eigenvalue weighted by Gasteiger charge is -2.15. The van der Waals surface area contributed by atoms with Crippen molar-refractivity contribution in [3.05, 3.63) is 11.7 Å². The van der Waals surface area contributed by atoms with Crippen LogP contribution in [0.3, 0.4) is 0 Å². The summed E-state index contributed by atoms with van der Waals surface area (Å²) in [6, 6.07) is 0.0226. The molecule has 1 aliphatic heterocycles. The summed E-state index contributed by atoms with van der Waals surface area (Å²) < 4.78 is 5.15. The molecule has 1 aromatic heterocycles. The molecule has 1 N–H and O–H groups in total. The van der Waals surface area contributed by atoms with Crippen molar-refractivity contribution in [3.63, 3.8) is 0 Å². The largest absolute Gasteiger partial charge is 0.339 e. The van der Waals surface area contributed by atoms with E-state index in [9.17, 15) is 4.79 Å². The molecular formula is C12H18N4O2. The van der Waals surface area contributed by atoms with Gasteiger partial charge in [-0.25, -0.2) is 4.79 Å². The zero-order valence-electron chi connectivity index (χ0n) is 10.4. The number of hydrogen-bond acceptors (Lipinski definition) is 4. The van der Waals surface area contributed by atoms with E-state index in [4.69, 9.17) is 4.52 Å². The van der Waals surface area contributed by atoms with Gasteiger partial charge in [-0.2, -0.15) is 4.98 Å². The molecule has 98 valence electrons. The predicted molar refractivity (Wildman–Crippen MR) is 64.2 cm³/mol. The lowest BCUT2D eigenvalue weighted by Crippen LogP contribution is -2.38. The van der Waals surface area contributed by atoms with Crippen LogP contribution in [0.1, 0.15) is 43.3 Å². The smallest absolute Gasteiger partial charge is 0.317 e. The van der Waals surface area contributed by atoms with Crippen LogP contribution in [0, 0.1) is 0 Å². The number of nitrogens with zero attached hydrogens (tertiary/aromatic N) is 3. The van der Waals surface area contributed by atoms with Gasteiger partial charge in [-0.1, -0.05) is 5.16 Å². The molecule has 0 atom stereocenters. The van der Waals surface area contributed by atoms with Crippen molar-refractivity contribution in [2.24, 2.45) is 0 Å². The topological polar surface area (TPSA) is 71.3 Å². The molecule has 6 nitrogen and oxygen atoms in total. The standard InChI is InChI=1S/C12H18N4O2/c17-12(16-7-1-2-8-16)13-6-5-10-14-11(15-18-10)9-3-4-9/h9H,1-8H2,(H,13,17). The van der Waals surface area contributed by atoms with Crippen molar-refractivity contribution in [1.82, 2.24) is 20.4 Å². The highest BCUT2D eigenvalue weighted by atomic mass is 16.5. The number of carbonyl (C=O) groups is 1. The van der Waals surface area contributed by atoms with Crippen molar-refractivity contribution in [3.8, 4) is 0 Å². The van der Waals surface area contributed by atoms with Crippen molar-refractivity contribution in [2.75, 3.05) is 19.6 Å². The van der Waals surface area contributed by atoms with Crippen molar-refractivity contribution < 1.29 is 9.32 Å². The quantitative estimate of drug-likeness (QED) is 0.874. The molecule has 0 spiro atoms. The molecule has 1 saturated heterocycles. The van der Waals surface area contributed by atoms with Gasteiger partial charge in [0.05, 0.1) is 0 Å². The van der Waals surface area contributed by atoms with Crippen LogP contribution in [0.4, 0.5) is 4.79 Å². The molecule has 6 heteroatoms. The number of urea groups is 1. The fraction of sp³-hybridized carbons (Fsp3) is 0.750. The van der Waals surface area contributed by atoms with Crippen molar-refractivity contribution >= 4 is 6.03 Å². The van der Waals surface area contributed by atoms with Crippen LogP contribution in [-0.2, 0) is 6.42 Å². The van der Waals surface area contributed by atoms with Gasteiger partial charge < -0.3 is 14.7 Å². The minimum atomic E-state index is 0.0226. The van der Waals surface area contributed by atoms with Gasteiger partial charge in [0.15, 0.2) is 5.82 Å². The van der Waals surface area contributed by atoms with Gasteiger partial charge in [0.25, 0.3) is 0 Å². The maximum Gasteiger partial charge on any atom is 0.317 e. The Morgan fingerprint density at radius 1 is 1.39 bits per heavy atom. The second-order valence-electron chi connectivity index (χ2n) is 5.00. The Bertz CT molecular complexity index is 421. The summed E-state index contributed by atoms with van der Waals surface area (Å²) in [4.78, 5) is 17.9. The predicted octanol–water partition coefficient (Wildman–Crippen LogP) is 1.29. The van der Waals surface area contributed by atoms with Gasteiger partial charge >= 0.3 is 6.03 Å². The first kappa shape index (κ1) is 11.5. The molecule has 1 aliphatic carbocycles. The van der Waals surface area contributed by atoms with Gasteiger partial charge in [-0.05, 0) is 25.7 Å². The van der Waals surface area contributed by atoms with Gasteiger partial charge in [-0.15, -0.1) is 0 Å². The Hall–Kier alpha value is -1.59. The Labute approximate surface area is 106 Å². The molecule has 2 heterocycles. The number of nitrogens with one attached hydrogen (secondary N) is 1. The average molecular weight is 250 g/mol. The SMILES string of the molecule is O=C(NCCc1nc(C2CC2)no1)N1CCCC1. The van der Waals surface area contributed by atoms with Crippen LogP contribution in [0.25, 0.3) is 0 Å². The number of rotatable bonds is 4. The van der Waals surface area contributed by atoms with E-state index in [-0.39, 0.29) is 6.03 Å². The lowest BCUT2D eigenvalue weighted by molar-refractivity contribution is 0.208. The Morgan fingerprint density at radius 2 is 2.17 bits per heavy atom. The molecule has 0 aromatic carbocycles. The molecule has 18 heavy (non-hydrogen) atoms. The average Bonchev–Trinajstić information content (AvgIpc) is 2.92. The fourth-order valence-corrected chi connectivity index (χ4v) is 2.19. The highest BCUT2D eigenvalue weighted by molar-refractivity contribution is 5.74. The Kier molecular flexibility index (Phi) is 3.17. The third-order valence-electron chi connectivity index (χ3n) is 3.43. The summed E-state index contributed by atoms with van der Waals surface area (Å²) in [5.41, 5.74) is 0. The van der Waals surface area contributed by atoms with Crippen LogP contribution in [0.2, 0.25) is 0 Å². The number of hydrogen-bond donors (Lipinski definition) is 1. The Morgan fingerprint density at radius 3 is 2.89 bits per heavy atom. The molecule has 2 amide bonds. The molecule has 1 aromatic rings. The molecule has 3 rings (SSSR count). The van der Waals surface area contributed by atoms with Gasteiger partial charge in [-0.3, -0.25) is 0 Å². The number of amides is 2. The van der Waals surface area contributed by atoms with E-state index in [1.165, 1.54) is 12.8 Å². The third kappa shape index (κ3) is 2.63. The molecule has 0 radical (unpaired) electrons. The molecule has 2 aliphatic rings. The summed E-state index contributed by atoms with van der Waals surface area (Å²) in [7, 11) is 0. The molecule has 0 unspecified atom stereocenters. The second kappa shape index (κ2) is 4.96. The Balaban J connectivity index is 1.41. The van der Waals surface area contributed by atoms with Gasteiger partial charge in [0.2, 0.25) is 5.89 Å². The number of carbonyl (C=O) groups excluding carboxylic acids is 1. The lowest BCUT2D eigenvalue weighted by atomic mass is 10.4. The van der Waals surface area contributed by atoms with Crippen LogP contribution in [0.15, 0.2) is 4.52 Å². The summed E-state index contributed by atoms with van der Waals surface area (Å²) in [6.07, 6.45) is 5.18. The normalized spacial score (nSPS) is 19.2. The first-order valence-corrected chi connectivity index (χ1v) is 6.68. The molecule has 1 saturated carbocycles. The highest BCUT2D eigenvalue weighted by Gasteiger charge is 2.28. The molecule has 2 fully saturated rings. The maximum atomic E-state index is 11.7. The van der Waals surface area contributed by atoms with Crippen LogP contribution in [-0.4, -0.2) is 40.7 Å². The fourth-order valence-electron chi connectivity index (χ4n) is 2.19. The molecular weight excluding hydrogens is 232 g/mol. The summed E-state index contributed by atoms with van der Waals surface area (Å²) in [5.74, 6) is 1.97. The van der Waals surface area contributed by atoms with E-state index in [2.05, 4.69) is 15.5 Å². The summed E-state index contributed by atoms with van der Waals surface area (Å²) >= 11 is 0. The van der Waals surface area contributed by atoms with E-state index in [0.717, 1.165) is 31.8 Å². The zero-order valence-corrected chi connectivity index (χ0v) is 10.4.